The van der Waals surface area contributed by atoms with Gasteiger partial charge in [-0.05, 0) is 49.6 Å². The van der Waals surface area contributed by atoms with Crippen molar-refractivity contribution in [3.63, 3.8) is 0 Å². The molecule has 20 heavy (non-hydrogen) atoms. The summed E-state index contributed by atoms with van der Waals surface area (Å²) in [5.74, 6) is 0. The minimum atomic E-state index is 0.284. The molecule has 1 aliphatic rings. The molecule has 0 saturated carbocycles. The molecule has 2 aromatic rings. The van der Waals surface area contributed by atoms with Crippen LogP contribution in [0.15, 0.2) is 36.4 Å². The van der Waals surface area contributed by atoms with Crippen molar-refractivity contribution in [3.8, 4) is 0 Å². The Balaban J connectivity index is 2.06. The smallest absolute Gasteiger partial charge is 0.128 e. The monoisotopic (exact) mass is 266 g/mol. The second-order valence-corrected chi connectivity index (χ2v) is 5.93. The molecule has 0 saturated heterocycles. The summed E-state index contributed by atoms with van der Waals surface area (Å²) in [7, 11) is 4.36. The van der Waals surface area contributed by atoms with Gasteiger partial charge in [-0.15, -0.1) is 0 Å². The van der Waals surface area contributed by atoms with Crippen molar-refractivity contribution < 1.29 is 0 Å². The Morgan fingerprint density at radius 3 is 1.65 bits per heavy atom. The van der Waals surface area contributed by atoms with Gasteiger partial charge in [0.1, 0.15) is 6.17 Å². The lowest BCUT2D eigenvalue weighted by atomic mass is 10.1. The van der Waals surface area contributed by atoms with E-state index in [0.29, 0.717) is 0 Å². The fourth-order valence-electron chi connectivity index (χ4n) is 3.06. The van der Waals surface area contributed by atoms with Crippen molar-refractivity contribution in [2.75, 3.05) is 23.9 Å². The lowest BCUT2D eigenvalue weighted by Crippen LogP contribution is -2.30. The molecular weight excluding hydrogens is 244 g/mol. The predicted molar refractivity (Wildman–Crippen MR) is 86.6 cm³/mol. The van der Waals surface area contributed by atoms with Crippen molar-refractivity contribution in [3.05, 3.63) is 58.7 Å². The number of hydrogen-bond acceptors (Lipinski definition) is 2. The number of aryl methyl sites for hydroxylation is 3. The van der Waals surface area contributed by atoms with E-state index in [9.17, 15) is 0 Å². The molecule has 0 amide bonds. The summed E-state index contributed by atoms with van der Waals surface area (Å²) >= 11 is 0. The van der Waals surface area contributed by atoms with Crippen molar-refractivity contribution in [2.45, 2.75) is 26.9 Å². The van der Waals surface area contributed by atoms with Gasteiger partial charge in [-0.3, -0.25) is 0 Å². The van der Waals surface area contributed by atoms with Crippen molar-refractivity contribution >= 4 is 11.4 Å². The lowest BCUT2D eigenvalue weighted by Gasteiger charge is -2.28. The van der Waals surface area contributed by atoms with E-state index in [0.717, 1.165) is 0 Å². The van der Waals surface area contributed by atoms with Gasteiger partial charge in [0.15, 0.2) is 0 Å². The zero-order chi connectivity index (χ0) is 14.4. The molecule has 2 nitrogen and oxygen atoms in total. The maximum Gasteiger partial charge on any atom is 0.128 e. The fourth-order valence-corrected chi connectivity index (χ4v) is 3.06. The summed E-state index contributed by atoms with van der Waals surface area (Å²) in [5, 5.41) is 0. The van der Waals surface area contributed by atoms with E-state index in [1.807, 2.05) is 0 Å². The first-order valence-electron chi connectivity index (χ1n) is 7.12. The van der Waals surface area contributed by atoms with Gasteiger partial charge in [-0.2, -0.15) is 0 Å². The number of benzene rings is 2. The van der Waals surface area contributed by atoms with Crippen LogP contribution in [0.4, 0.5) is 11.4 Å². The molecule has 0 atom stereocenters. The van der Waals surface area contributed by atoms with Crippen molar-refractivity contribution in [1.82, 2.24) is 0 Å². The lowest BCUT2D eigenvalue weighted by molar-refractivity contribution is 0.694. The molecular formula is C18H22N2. The summed E-state index contributed by atoms with van der Waals surface area (Å²) in [6.45, 7) is 6.50. The van der Waals surface area contributed by atoms with Crippen LogP contribution in [0, 0.1) is 20.8 Å². The summed E-state index contributed by atoms with van der Waals surface area (Å²) in [5.41, 5.74) is 8.00. The van der Waals surface area contributed by atoms with Gasteiger partial charge in [-0.1, -0.05) is 29.8 Å². The third-order valence-corrected chi connectivity index (χ3v) is 4.46. The van der Waals surface area contributed by atoms with Crippen LogP contribution in [0.25, 0.3) is 0 Å². The Labute approximate surface area is 121 Å². The van der Waals surface area contributed by atoms with E-state index in [1.165, 1.54) is 33.6 Å². The van der Waals surface area contributed by atoms with Gasteiger partial charge in [0.05, 0.1) is 11.4 Å². The molecule has 0 bridgehead atoms. The minimum absolute atomic E-state index is 0.284. The molecule has 0 radical (unpaired) electrons. The zero-order valence-electron chi connectivity index (χ0n) is 12.9. The van der Waals surface area contributed by atoms with Crippen LogP contribution in [-0.4, -0.2) is 14.1 Å². The third kappa shape index (κ3) is 1.87. The Kier molecular flexibility index (Phi) is 2.97. The summed E-state index contributed by atoms with van der Waals surface area (Å²) in [6.07, 6.45) is 0.284. The molecule has 0 fully saturated rings. The van der Waals surface area contributed by atoms with Crippen molar-refractivity contribution in [1.29, 1.82) is 0 Å². The van der Waals surface area contributed by atoms with Gasteiger partial charge < -0.3 is 9.80 Å². The van der Waals surface area contributed by atoms with Crippen LogP contribution in [0.5, 0.6) is 0 Å². The number of fused-ring (bicyclic) bond motifs is 1. The second kappa shape index (κ2) is 4.55. The number of rotatable bonds is 1. The zero-order valence-corrected chi connectivity index (χ0v) is 12.9. The van der Waals surface area contributed by atoms with Crippen molar-refractivity contribution in [2.24, 2.45) is 0 Å². The second-order valence-electron chi connectivity index (χ2n) is 5.93. The quantitative estimate of drug-likeness (QED) is 0.763. The van der Waals surface area contributed by atoms with Crippen LogP contribution >= 0.6 is 0 Å². The Hall–Kier alpha value is -1.96. The Morgan fingerprint density at radius 2 is 1.20 bits per heavy atom. The molecule has 0 unspecified atom stereocenters. The molecule has 0 spiro atoms. The van der Waals surface area contributed by atoms with E-state index < -0.39 is 0 Å². The number of nitrogens with zero attached hydrogens (tertiary/aromatic N) is 2. The van der Waals surface area contributed by atoms with E-state index in [2.05, 4.69) is 81.1 Å². The predicted octanol–water partition coefficient (Wildman–Crippen LogP) is 4.20. The van der Waals surface area contributed by atoms with Gasteiger partial charge in [-0.25, -0.2) is 0 Å². The highest BCUT2D eigenvalue weighted by Gasteiger charge is 2.32. The molecule has 104 valence electrons. The van der Waals surface area contributed by atoms with Gasteiger partial charge in [0.2, 0.25) is 0 Å². The average Bonchev–Trinajstić information content (AvgIpc) is 2.65. The fraction of sp³-hybridized carbons (Fsp3) is 0.333. The molecule has 2 heteroatoms. The topological polar surface area (TPSA) is 6.48 Å². The molecule has 2 aromatic carbocycles. The van der Waals surface area contributed by atoms with Gasteiger partial charge >= 0.3 is 0 Å². The van der Waals surface area contributed by atoms with Crippen LogP contribution in [-0.2, 0) is 0 Å². The standard InChI is InChI=1S/C18H22N2/c1-12-6-8-15(9-7-12)18-19(4)16-10-13(2)14(3)11-17(16)20(18)5/h6-11,18H,1-5H3. The molecule has 0 N–H and O–H groups in total. The maximum absolute atomic E-state index is 2.37. The van der Waals surface area contributed by atoms with Crippen LogP contribution in [0.3, 0.4) is 0 Å². The van der Waals surface area contributed by atoms with E-state index in [1.54, 1.807) is 0 Å². The molecule has 1 heterocycles. The van der Waals surface area contributed by atoms with Crippen LogP contribution in [0.1, 0.15) is 28.4 Å². The summed E-state index contributed by atoms with van der Waals surface area (Å²) in [4.78, 5) is 4.73. The largest absolute Gasteiger partial charge is 0.349 e. The first-order valence-corrected chi connectivity index (χ1v) is 7.12. The van der Waals surface area contributed by atoms with E-state index in [4.69, 9.17) is 0 Å². The van der Waals surface area contributed by atoms with E-state index in [-0.39, 0.29) is 6.17 Å². The highest BCUT2D eigenvalue weighted by Crippen LogP contribution is 2.45. The van der Waals surface area contributed by atoms with Gasteiger partial charge in [0, 0.05) is 14.1 Å². The first-order chi connectivity index (χ1) is 9.49. The Bertz CT molecular complexity index is 608. The van der Waals surface area contributed by atoms with Gasteiger partial charge in [0.25, 0.3) is 0 Å². The first kappa shape index (κ1) is 13.0. The SMILES string of the molecule is Cc1ccc(C2N(C)c3cc(C)c(C)cc3N2C)cc1. The minimum Gasteiger partial charge on any atom is -0.349 e. The van der Waals surface area contributed by atoms with Crippen LogP contribution < -0.4 is 9.80 Å². The normalized spacial score (nSPS) is 14.8. The maximum atomic E-state index is 2.37. The van der Waals surface area contributed by atoms with E-state index >= 15 is 0 Å². The molecule has 1 aliphatic heterocycles. The highest BCUT2D eigenvalue weighted by atomic mass is 15.4. The third-order valence-electron chi connectivity index (χ3n) is 4.46. The molecule has 3 rings (SSSR count). The molecule has 0 aromatic heterocycles. The number of anilines is 2. The highest BCUT2D eigenvalue weighted by molar-refractivity contribution is 5.79. The Morgan fingerprint density at radius 1 is 0.750 bits per heavy atom. The number of hydrogen-bond donors (Lipinski definition) is 0. The average molecular weight is 266 g/mol. The molecule has 0 aliphatic carbocycles. The summed E-state index contributed by atoms with van der Waals surface area (Å²) < 4.78 is 0. The summed E-state index contributed by atoms with van der Waals surface area (Å²) in [6, 6.07) is 13.5. The van der Waals surface area contributed by atoms with Crippen LogP contribution in [0.2, 0.25) is 0 Å².